The van der Waals surface area contributed by atoms with Crippen molar-refractivity contribution in [1.82, 2.24) is 29.8 Å². The fourth-order valence-electron chi connectivity index (χ4n) is 9.24. The number of anilines is 2. The molecule has 3 N–H and O–H groups in total. The number of alkyl halides is 1. The summed E-state index contributed by atoms with van der Waals surface area (Å²) in [7, 11) is 2.19. The number of nitrogens with zero attached hydrogens (tertiary/aromatic N) is 8. The summed E-state index contributed by atoms with van der Waals surface area (Å²) in [5.41, 5.74) is 9.12. The third-order valence-electron chi connectivity index (χ3n) is 11.9. The number of ether oxygens (including phenoxy) is 1. The maximum absolute atomic E-state index is 11.3. The van der Waals surface area contributed by atoms with E-state index < -0.39 is 11.0 Å². The van der Waals surface area contributed by atoms with Gasteiger partial charge < -0.3 is 25.0 Å². The molecule has 9 rings (SSSR count). The first-order valence-electron chi connectivity index (χ1n) is 17.2. The molecule has 252 valence electrons. The van der Waals surface area contributed by atoms with Gasteiger partial charge in [0.05, 0.1) is 22.6 Å². The Morgan fingerprint density at radius 2 is 1.98 bits per heavy atom. The van der Waals surface area contributed by atoms with E-state index in [2.05, 4.69) is 52.4 Å². The number of aliphatic hydroxyl groups is 1. The molecule has 2 saturated heterocycles. The van der Waals surface area contributed by atoms with Crippen LogP contribution in [0.2, 0.25) is 0 Å². The minimum Gasteiger partial charge on any atom is -0.474 e. The highest BCUT2D eigenvalue weighted by molar-refractivity contribution is 14.1. The lowest BCUT2D eigenvalue weighted by Crippen LogP contribution is -2.53. The highest BCUT2D eigenvalue weighted by Crippen LogP contribution is 2.55. The predicted molar refractivity (Wildman–Crippen MR) is 191 cm³/mol. The summed E-state index contributed by atoms with van der Waals surface area (Å²) in [5.74, 6) is 2.61. The number of nitriles is 1. The van der Waals surface area contributed by atoms with Crippen LogP contribution in [0.1, 0.15) is 96.6 Å². The van der Waals surface area contributed by atoms with Gasteiger partial charge in [-0.05, 0) is 90.7 Å². The number of likely N-dealkylation sites (tertiary alicyclic amines) is 1. The molecule has 0 bridgehead atoms. The van der Waals surface area contributed by atoms with Gasteiger partial charge in [0.2, 0.25) is 5.88 Å². The minimum atomic E-state index is -0.859. The van der Waals surface area contributed by atoms with Crippen LogP contribution in [0.15, 0.2) is 4.52 Å². The van der Waals surface area contributed by atoms with E-state index in [1.54, 1.807) is 11.3 Å². The van der Waals surface area contributed by atoms with E-state index in [0.717, 1.165) is 85.9 Å². The van der Waals surface area contributed by atoms with Gasteiger partial charge in [0.1, 0.15) is 32.9 Å². The third kappa shape index (κ3) is 4.42. The summed E-state index contributed by atoms with van der Waals surface area (Å²) < 4.78 is 14.8. The van der Waals surface area contributed by atoms with Crippen molar-refractivity contribution in [2.24, 2.45) is 0 Å². The second kappa shape index (κ2) is 11.0. The van der Waals surface area contributed by atoms with Gasteiger partial charge in [-0.25, -0.2) is 14.6 Å². The van der Waals surface area contributed by atoms with Crippen molar-refractivity contribution in [2.45, 2.75) is 111 Å². The Bertz CT molecular complexity index is 1990. The van der Waals surface area contributed by atoms with Gasteiger partial charge in [-0.1, -0.05) is 27.7 Å². The zero-order chi connectivity index (χ0) is 33.1. The van der Waals surface area contributed by atoms with Crippen molar-refractivity contribution >= 4 is 55.8 Å². The molecule has 0 amide bonds. The largest absolute Gasteiger partial charge is 0.474 e. The van der Waals surface area contributed by atoms with E-state index in [4.69, 9.17) is 35.2 Å². The van der Waals surface area contributed by atoms with Crippen LogP contribution >= 0.6 is 33.9 Å². The molecule has 3 aliphatic heterocycles. The Balaban J connectivity index is 1.24. The standard InChI is InChI=1S/C34H40IN9O3S/c1-17-8-9-21(42(17)3)27(35)44-31-23-30(43-16-33(2,45)13-10-18(43)15-46-32(23)40-44)38-29(39-31)25-19-6-4-11-34(26(19)47-41-25)12-5-7-22-24(34)20(14-36)28(37)48-22/h17-18,21,27,45H,4-13,15-16,37H2,1-3H3/t17-,18+,21-,27+,33+,34-/m0/s1. The molecule has 4 aromatic heterocycles. The monoisotopic (exact) mass is 781 g/mol. The van der Waals surface area contributed by atoms with E-state index in [1.807, 2.05) is 11.6 Å². The number of nitrogens with two attached hydrogens (primary N) is 1. The Hall–Kier alpha value is -3.00. The van der Waals surface area contributed by atoms with Crippen LogP contribution in [-0.2, 0) is 18.3 Å². The first kappa shape index (κ1) is 31.0. The molecule has 14 heteroatoms. The van der Waals surface area contributed by atoms with E-state index in [9.17, 15) is 10.4 Å². The van der Waals surface area contributed by atoms with Crippen LogP contribution in [0, 0.1) is 11.3 Å². The Kier molecular flexibility index (Phi) is 7.11. The van der Waals surface area contributed by atoms with Crippen molar-refractivity contribution < 1.29 is 14.4 Å². The van der Waals surface area contributed by atoms with Gasteiger partial charge in [0.25, 0.3) is 0 Å². The molecule has 6 atom stereocenters. The minimum absolute atomic E-state index is 0.0105. The number of hydrogen-bond donors (Lipinski definition) is 2. The van der Waals surface area contributed by atoms with Crippen LogP contribution < -0.4 is 15.4 Å². The molecule has 5 aliphatic rings. The summed E-state index contributed by atoms with van der Waals surface area (Å²) in [4.78, 5) is 16.4. The fourth-order valence-corrected chi connectivity index (χ4v) is 11.7. The molecule has 7 heterocycles. The predicted octanol–water partition coefficient (Wildman–Crippen LogP) is 5.48. The van der Waals surface area contributed by atoms with Crippen LogP contribution in [0.25, 0.3) is 22.6 Å². The van der Waals surface area contributed by atoms with Crippen molar-refractivity contribution in [1.29, 1.82) is 5.26 Å². The molecule has 0 saturated carbocycles. The van der Waals surface area contributed by atoms with Crippen molar-refractivity contribution in [3.05, 3.63) is 27.3 Å². The number of rotatable bonds is 3. The number of hydrogen-bond acceptors (Lipinski definition) is 12. The molecule has 1 spiro atoms. The number of aryl methyl sites for hydroxylation is 1. The highest BCUT2D eigenvalue weighted by atomic mass is 127. The number of thiophene rings is 1. The molecule has 2 fully saturated rings. The smallest absolute Gasteiger partial charge is 0.246 e. The van der Waals surface area contributed by atoms with Crippen molar-refractivity contribution in [3.8, 4) is 23.5 Å². The van der Waals surface area contributed by atoms with Gasteiger partial charge >= 0.3 is 0 Å². The zero-order valence-electron chi connectivity index (χ0n) is 27.5. The number of halogens is 1. The first-order chi connectivity index (χ1) is 23.1. The van der Waals surface area contributed by atoms with Crippen LogP contribution in [0.3, 0.4) is 0 Å². The summed E-state index contributed by atoms with van der Waals surface area (Å²) in [6.07, 6.45) is 9.12. The summed E-state index contributed by atoms with van der Waals surface area (Å²) in [6, 6.07) is 3.26. The van der Waals surface area contributed by atoms with Crippen LogP contribution in [0.5, 0.6) is 5.88 Å². The van der Waals surface area contributed by atoms with Crippen LogP contribution in [-0.4, -0.2) is 78.8 Å². The molecule has 0 aromatic carbocycles. The number of likely N-dealkylation sites (N-methyl/N-ethyl adjacent to an activating group) is 1. The second-order valence-corrected chi connectivity index (χ2v) is 17.3. The van der Waals surface area contributed by atoms with E-state index >= 15 is 0 Å². The number of fused-ring (bicyclic) bond motifs is 6. The summed E-state index contributed by atoms with van der Waals surface area (Å²) in [5, 5.41) is 32.6. The maximum atomic E-state index is 11.3. The van der Waals surface area contributed by atoms with Gasteiger partial charge in [0, 0.05) is 29.1 Å². The highest BCUT2D eigenvalue weighted by Gasteiger charge is 2.49. The molecule has 0 unspecified atom stereocenters. The van der Waals surface area contributed by atoms with Crippen molar-refractivity contribution in [2.75, 3.05) is 30.8 Å². The molecule has 12 nitrogen and oxygen atoms in total. The van der Waals surface area contributed by atoms with E-state index in [1.165, 1.54) is 4.88 Å². The fraction of sp³-hybridized carbons (Fsp3) is 0.618. The first-order valence-corrected chi connectivity index (χ1v) is 19.3. The lowest BCUT2D eigenvalue weighted by molar-refractivity contribution is 0.0321. The summed E-state index contributed by atoms with van der Waals surface area (Å²) >= 11 is 4.06. The molecule has 48 heavy (non-hydrogen) atoms. The Morgan fingerprint density at radius 3 is 2.75 bits per heavy atom. The Morgan fingerprint density at radius 1 is 1.17 bits per heavy atom. The zero-order valence-corrected chi connectivity index (χ0v) is 30.5. The normalized spacial score (nSPS) is 30.4. The number of nitrogen functional groups attached to an aromatic ring is 1. The van der Waals surface area contributed by atoms with E-state index in [-0.39, 0.29) is 16.1 Å². The molecule has 0 radical (unpaired) electrons. The second-order valence-electron chi connectivity index (χ2n) is 14.9. The molecule has 2 aliphatic carbocycles. The summed E-state index contributed by atoms with van der Waals surface area (Å²) in [6.45, 7) is 5.08. The number of aromatic nitrogens is 5. The van der Waals surface area contributed by atoms with Crippen molar-refractivity contribution in [3.63, 3.8) is 0 Å². The SMILES string of the molecule is C[C@H]1CC[C@@H]([C@H](I)n2nc3c4c(nc(-c5noc6c5CCC[C@@]65CCCc6sc(N)c(C#N)c65)nc42)N2C[C@](C)(O)CC[C@@H]2CO3)N1C. The van der Waals surface area contributed by atoms with E-state index in [0.29, 0.717) is 59.2 Å². The third-order valence-corrected chi connectivity index (χ3v) is 14.3. The maximum Gasteiger partial charge on any atom is 0.246 e. The molecule has 4 aromatic rings. The quantitative estimate of drug-likeness (QED) is 0.201. The lowest BCUT2D eigenvalue weighted by Gasteiger charge is -2.42. The molecular formula is C34H40IN9O3S. The Labute approximate surface area is 296 Å². The average Bonchev–Trinajstić information content (AvgIpc) is 3.81. The topological polar surface area (TPSA) is 155 Å². The van der Waals surface area contributed by atoms with Gasteiger partial charge in [-0.3, -0.25) is 4.90 Å². The van der Waals surface area contributed by atoms with Gasteiger partial charge in [-0.15, -0.1) is 16.4 Å². The van der Waals surface area contributed by atoms with Crippen LogP contribution in [0.4, 0.5) is 10.8 Å². The average molecular weight is 782 g/mol. The molecular weight excluding hydrogens is 741 g/mol. The number of piperidine rings is 1. The lowest BCUT2D eigenvalue weighted by atomic mass is 9.63. The van der Waals surface area contributed by atoms with Gasteiger partial charge in [0.15, 0.2) is 22.9 Å². The van der Waals surface area contributed by atoms with Gasteiger partial charge in [-0.2, -0.15) is 5.26 Å².